The highest BCUT2D eigenvalue weighted by Crippen LogP contribution is 2.15. The Labute approximate surface area is 155 Å². The van der Waals surface area contributed by atoms with E-state index in [4.69, 9.17) is 4.74 Å². The van der Waals surface area contributed by atoms with Crippen LogP contribution in [-0.4, -0.2) is 16.1 Å². The molecule has 0 aliphatic rings. The number of hydrogen-bond donors (Lipinski definition) is 1. The molecule has 132 valence electrons. The predicted molar refractivity (Wildman–Crippen MR) is 103 cm³/mol. The van der Waals surface area contributed by atoms with Gasteiger partial charge in [-0.3, -0.25) is 0 Å². The summed E-state index contributed by atoms with van der Waals surface area (Å²) >= 11 is 0. The van der Waals surface area contributed by atoms with Crippen molar-refractivity contribution >= 4 is 12.4 Å². The van der Waals surface area contributed by atoms with Gasteiger partial charge in [-0.15, -0.1) is 12.4 Å². The van der Waals surface area contributed by atoms with Gasteiger partial charge < -0.3 is 14.6 Å². The van der Waals surface area contributed by atoms with Gasteiger partial charge in [0.05, 0.1) is 6.33 Å². The van der Waals surface area contributed by atoms with Gasteiger partial charge in [-0.2, -0.15) is 0 Å². The number of nitrogens with zero attached hydrogens (tertiary/aromatic N) is 2. The largest absolute Gasteiger partial charge is 0.489 e. The lowest BCUT2D eigenvalue weighted by Crippen LogP contribution is -2.16. The first-order valence-electron chi connectivity index (χ1n) is 8.32. The maximum absolute atomic E-state index is 5.87. The van der Waals surface area contributed by atoms with Crippen molar-refractivity contribution in [3.05, 3.63) is 84.4 Å². The van der Waals surface area contributed by atoms with Crippen molar-refractivity contribution in [3.63, 3.8) is 0 Å². The molecule has 0 aliphatic heterocycles. The van der Waals surface area contributed by atoms with Gasteiger partial charge in [0.1, 0.15) is 12.4 Å². The Morgan fingerprint density at radius 3 is 2.64 bits per heavy atom. The van der Waals surface area contributed by atoms with E-state index in [0.29, 0.717) is 6.61 Å². The number of rotatable bonds is 9. The fourth-order valence-corrected chi connectivity index (χ4v) is 2.52. The van der Waals surface area contributed by atoms with Crippen LogP contribution in [0.2, 0.25) is 0 Å². The van der Waals surface area contributed by atoms with E-state index < -0.39 is 0 Å². The smallest absolute Gasteiger partial charge is 0.120 e. The van der Waals surface area contributed by atoms with Crippen molar-refractivity contribution in [1.29, 1.82) is 0 Å². The van der Waals surface area contributed by atoms with Crippen LogP contribution in [0.4, 0.5) is 0 Å². The summed E-state index contributed by atoms with van der Waals surface area (Å²) < 4.78 is 7.97. The minimum atomic E-state index is 0. The molecule has 0 unspecified atom stereocenters. The van der Waals surface area contributed by atoms with Crippen LogP contribution in [0.1, 0.15) is 17.5 Å². The second-order valence-electron chi connectivity index (χ2n) is 5.75. The molecule has 0 amide bonds. The molecular weight excluding hydrogens is 334 g/mol. The summed E-state index contributed by atoms with van der Waals surface area (Å²) in [5.41, 5.74) is 2.42. The molecule has 4 nitrogen and oxygen atoms in total. The summed E-state index contributed by atoms with van der Waals surface area (Å²) in [6.45, 7) is 3.43. The lowest BCUT2D eigenvalue weighted by molar-refractivity contribution is 0.306. The molecule has 0 saturated carbocycles. The van der Waals surface area contributed by atoms with Crippen LogP contribution < -0.4 is 10.1 Å². The predicted octanol–water partition coefficient (Wildman–Crippen LogP) is 4.06. The topological polar surface area (TPSA) is 39.1 Å². The first-order valence-corrected chi connectivity index (χ1v) is 8.32. The van der Waals surface area contributed by atoms with Crippen LogP contribution >= 0.6 is 12.4 Å². The molecular formula is C20H24ClN3O. The van der Waals surface area contributed by atoms with Crippen LogP contribution in [0.15, 0.2) is 73.3 Å². The van der Waals surface area contributed by atoms with E-state index in [2.05, 4.69) is 39.1 Å². The van der Waals surface area contributed by atoms with E-state index in [1.807, 2.05) is 49.1 Å². The quantitative estimate of drug-likeness (QED) is 0.587. The van der Waals surface area contributed by atoms with Crippen molar-refractivity contribution in [2.24, 2.45) is 0 Å². The van der Waals surface area contributed by atoms with Crippen molar-refractivity contribution in [2.45, 2.75) is 26.1 Å². The number of hydrogen-bond acceptors (Lipinski definition) is 3. The van der Waals surface area contributed by atoms with Crippen molar-refractivity contribution in [1.82, 2.24) is 14.9 Å². The summed E-state index contributed by atoms with van der Waals surface area (Å²) in [6, 6.07) is 18.5. The SMILES string of the molecule is Cl.c1ccc(COc2cccc(CNCCCn3ccnc3)c2)cc1. The van der Waals surface area contributed by atoms with Gasteiger partial charge in [0.2, 0.25) is 0 Å². The molecule has 3 aromatic rings. The Balaban J connectivity index is 0.00000225. The van der Waals surface area contributed by atoms with Crippen LogP contribution in [0.25, 0.3) is 0 Å². The highest BCUT2D eigenvalue weighted by Gasteiger charge is 1.99. The number of halogens is 1. The van der Waals surface area contributed by atoms with Crippen LogP contribution in [0, 0.1) is 0 Å². The number of aryl methyl sites for hydroxylation is 1. The van der Waals surface area contributed by atoms with Crippen molar-refractivity contribution < 1.29 is 4.74 Å². The van der Waals surface area contributed by atoms with Crippen LogP contribution in [-0.2, 0) is 19.7 Å². The summed E-state index contributed by atoms with van der Waals surface area (Å²) in [5, 5.41) is 3.48. The highest BCUT2D eigenvalue weighted by atomic mass is 35.5. The summed E-state index contributed by atoms with van der Waals surface area (Å²) in [6.07, 6.45) is 6.75. The molecule has 1 heterocycles. The Hall–Kier alpha value is -2.30. The monoisotopic (exact) mass is 357 g/mol. The number of imidazole rings is 1. The molecule has 3 rings (SSSR count). The van der Waals surface area contributed by atoms with Gasteiger partial charge in [0, 0.05) is 25.5 Å². The molecule has 0 saturated heterocycles. The second kappa shape index (κ2) is 10.5. The lowest BCUT2D eigenvalue weighted by atomic mass is 10.2. The zero-order valence-electron chi connectivity index (χ0n) is 14.2. The molecule has 0 atom stereocenters. The van der Waals surface area contributed by atoms with E-state index in [-0.39, 0.29) is 12.4 Å². The van der Waals surface area contributed by atoms with Gasteiger partial charge in [0.25, 0.3) is 0 Å². The molecule has 1 aromatic heterocycles. The van der Waals surface area contributed by atoms with Crippen LogP contribution in [0.5, 0.6) is 5.75 Å². The fourth-order valence-electron chi connectivity index (χ4n) is 2.52. The highest BCUT2D eigenvalue weighted by molar-refractivity contribution is 5.85. The molecule has 5 heteroatoms. The Kier molecular flexibility index (Phi) is 8.02. The lowest BCUT2D eigenvalue weighted by Gasteiger charge is -2.09. The first-order chi connectivity index (χ1) is 11.9. The third-order valence-corrected chi connectivity index (χ3v) is 3.80. The van der Waals surface area contributed by atoms with E-state index in [9.17, 15) is 0 Å². The first kappa shape index (κ1) is 19.0. The van der Waals surface area contributed by atoms with Gasteiger partial charge in [-0.05, 0) is 36.2 Å². The number of nitrogens with one attached hydrogen (secondary N) is 1. The van der Waals surface area contributed by atoms with Gasteiger partial charge in [-0.25, -0.2) is 4.98 Å². The van der Waals surface area contributed by atoms with E-state index in [0.717, 1.165) is 31.8 Å². The molecule has 0 bridgehead atoms. The third-order valence-electron chi connectivity index (χ3n) is 3.80. The number of ether oxygens (including phenoxy) is 1. The minimum Gasteiger partial charge on any atom is -0.489 e. The Bertz CT molecular complexity index is 717. The molecule has 0 radical (unpaired) electrons. The fraction of sp³-hybridized carbons (Fsp3) is 0.250. The average molecular weight is 358 g/mol. The molecule has 2 aromatic carbocycles. The summed E-state index contributed by atoms with van der Waals surface area (Å²) in [7, 11) is 0. The zero-order chi connectivity index (χ0) is 16.5. The van der Waals surface area contributed by atoms with Crippen LogP contribution in [0.3, 0.4) is 0 Å². The maximum atomic E-state index is 5.87. The van der Waals surface area contributed by atoms with E-state index in [1.54, 1.807) is 0 Å². The Morgan fingerprint density at radius 1 is 1.00 bits per heavy atom. The van der Waals surface area contributed by atoms with E-state index in [1.165, 1.54) is 11.1 Å². The Morgan fingerprint density at radius 2 is 1.84 bits per heavy atom. The molecule has 0 aliphatic carbocycles. The molecule has 0 spiro atoms. The minimum absolute atomic E-state index is 0. The standard InChI is InChI=1S/C20H23N3O.ClH/c1-2-6-18(7-3-1)16-24-20-9-4-8-19(14-20)15-21-10-5-12-23-13-11-22-17-23;/h1-4,6-9,11,13-14,17,21H,5,10,12,15-16H2;1H. The maximum Gasteiger partial charge on any atom is 0.120 e. The average Bonchev–Trinajstić information content (AvgIpc) is 3.14. The normalized spacial score (nSPS) is 10.2. The zero-order valence-corrected chi connectivity index (χ0v) is 15.0. The molecule has 25 heavy (non-hydrogen) atoms. The molecule has 0 fully saturated rings. The summed E-state index contributed by atoms with van der Waals surface area (Å²) in [4.78, 5) is 4.05. The number of benzene rings is 2. The van der Waals surface area contributed by atoms with Crippen molar-refractivity contribution in [2.75, 3.05) is 6.54 Å². The van der Waals surface area contributed by atoms with E-state index >= 15 is 0 Å². The number of aromatic nitrogens is 2. The van der Waals surface area contributed by atoms with Crippen molar-refractivity contribution in [3.8, 4) is 5.75 Å². The van der Waals surface area contributed by atoms with Gasteiger partial charge in [0.15, 0.2) is 0 Å². The summed E-state index contributed by atoms with van der Waals surface area (Å²) in [5.74, 6) is 0.913. The second-order valence-corrected chi connectivity index (χ2v) is 5.75. The van der Waals surface area contributed by atoms with Gasteiger partial charge in [-0.1, -0.05) is 42.5 Å². The molecule has 1 N–H and O–H groups in total. The third kappa shape index (κ3) is 6.61. The van der Waals surface area contributed by atoms with Gasteiger partial charge >= 0.3 is 0 Å².